The van der Waals surface area contributed by atoms with Crippen molar-refractivity contribution in [1.82, 2.24) is 0 Å². The molecule has 0 spiro atoms. The van der Waals surface area contributed by atoms with Crippen LogP contribution in [0.15, 0.2) is 0 Å². The number of rotatable bonds is 4. The Morgan fingerprint density at radius 3 is 2.40 bits per heavy atom. The minimum absolute atomic E-state index is 0.0869. The maximum absolute atomic E-state index is 12.3. The maximum Gasteiger partial charge on any atom is 0.312 e. The van der Waals surface area contributed by atoms with E-state index >= 15 is 0 Å². The van der Waals surface area contributed by atoms with E-state index in [2.05, 4.69) is 0 Å². The molecule has 114 valence electrons. The van der Waals surface area contributed by atoms with Gasteiger partial charge in [-0.3, -0.25) is 9.59 Å². The van der Waals surface area contributed by atoms with Crippen molar-refractivity contribution in [3.63, 3.8) is 0 Å². The summed E-state index contributed by atoms with van der Waals surface area (Å²) < 4.78 is 16.1. The topological polar surface area (TPSA) is 61.8 Å². The van der Waals surface area contributed by atoms with Crippen molar-refractivity contribution in [3.8, 4) is 0 Å². The highest BCUT2D eigenvalue weighted by Gasteiger charge is 2.49. The average molecular weight is 284 g/mol. The molecule has 20 heavy (non-hydrogen) atoms. The van der Waals surface area contributed by atoms with Gasteiger partial charge in [0.25, 0.3) is 0 Å². The van der Waals surface area contributed by atoms with Crippen LogP contribution in [0, 0.1) is 17.8 Å². The number of carbonyl (C=O) groups excluding carboxylic acids is 2. The summed E-state index contributed by atoms with van der Waals surface area (Å²) in [6, 6.07) is 0. The van der Waals surface area contributed by atoms with Gasteiger partial charge in [0.15, 0.2) is 0 Å². The molecule has 4 unspecified atom stereocenters. The summed E-state index contributed by atoms with van der Waals surface area (Å²) >= 11 is 0. The number of ether oxygens (including phenoxy) is 3. The van der Waals surface area contributed by atoms with Gasteiger partial charge in [-0.2, -0.15) is 0 Å². The fraction of sp³-hybridized carbons (Fsp3) is 0.867. The second kappa shape index (κ2) is 7.07. The van der Waals surface area contributed by atoms with Crippen molar-refractivity contribution in [1.29, 1.82) is 0 Å². The van der Waals surface area contributed by atoms with Crippen LogP contribution >= 0.6 is 0 Å². The Balaban J connectivity index is 2.17. The smallest absolute Gasteiger partial charge is 0.312 e. The maximum atomic E-state index is 12.3. The van der Waals surface area contributed by atoms with Crippen LogP contribution in [0.3, 0.4) is 0 Å². The molecule has 0 N–H and O–H groups in total. The predicted molar refractivity (Wildman–Crippen MR) is 71.9 cm³/mol. The van der Waals surface area contributed by atoms with Gasteiger partial charge in [-0.15, -0.1) is 0 Å². The average Bonchev–Trinajstić information content (AvgIpc) is 2.46. The van der Waals surface area contributed by atoms with Gasteiger partial charge in [-0.1, -0.05) is 12.8 Å². The molecule has 0 bridgehead atoms. The molecular formula is C15H24O5. The van der Waals surface area contributed by atoms with E-state index in [0.717, 1.165) is 25.7 Å². The zero-order chi connectivity index (χ0) is 14.5. The lowest BCUT2D eigenvalue weighted by Gasteiger charge is -2.43. The molecule has 2 fully saturated rings. The Hall–Kier alpha value is -1.10. The molecule has 2 rings (SSSR count). The van der Waals surface area contributed by atoms with Gasteiger partial charge in [0.2, 0.25) is 0 Å². The largest absolute Gasteiger partial charge is 0.466 e. The van der Waals surface area contributed by atoms with E-state index in [4.69, 9.17) is 14.2 Å². The highest BCUT2D eigenvalue weighted by atomic mass is 16.5. The molecule has 1 aliphatic carbocycles. The molecule has 0 radical (unpaired) electrons. The molecule has 1 saturated heterocycles. The Kier molecular flexibility index (Phi) is 5.40. The van der Waals surface area contributed by atoms with Gasteiger partial charge >= 0.3 is 11.9 Å². The summed E-state index contributed by atoms with van der Waals surface area (Å²) in [7, 11) is 0. The van der Waals surface area contributed by atoms with E-state index in [0.29, 0.717) is 13.2 Å². The summed E-state index contributed by atoms with van der Waals surface area (Å²) in [4.78, 5) is 24.4. The highest BCUT2D eigenvalue weighted by Crippen LogP contribution is 2.41. The summed E-state index contributed by atoms with van der Waals surface area (Å²) in [5.41, 5.74) is 0. The van der Waals surface area contributed by atoms with E-state index in [1.54, 1.807) is 13.8 Å². The zero-order valence-electron chi connectivity index (χ0n) is 12.3. The van der Waals surface area contributed by atoms with Crippen molar-refractivity contribution in [2.24, 2.45) is 17.8 Å². The minimum Gasteiger partial charge on any atom is -0.466 e. The quantitative estimate of drug-likeness (QED) is 0.738. The summed E-state index contributed by atoms with van der Waals surface area (Å²) in [6.07, 6.45) is 4.18. The number of fused-ring (bicyclic) bond motifs is 1. The molecule has 5 heteroatoms. The summed E-state index contributed by atoms with van der Waals surface area (Å²) in [5, 5.41) is 0. The molecule has 1 aliphatic heterocycles. The first-order valence-electron chi connectivity index (χ1n) is 7.63. The lowest BCUT2D eigenvalue weighted by Crippen LogP contribution is -2.50. The fourth-order valence-electron chi connectivity index (χ4n) is 3.41. The first kappa shape index (κ1) is 15.3. The van der Waals surface area contributed by atoms with Crippen LogP contribution < -0.4 is 0 Å². The number of carbonyl (C=O) groups is 2. The van der Waals surface area contributed by atoms with Crippen LogP contribution in [0.2, 0.25) is 0 Å². The van der Waals surface area contributed by atoms with Crippen LogP contribution in [0.1, 0.15) is 39.5 Å². The van der Waals surface area contributed by atoms with Crippen molar-refractivity contribution >= 4 is 11.9 Å². The van der Waals surface area contributed by atoms with Gasteiger partial charge in [-0.25, -0.2) is 0 Å². The molecule has 0 aromatic rings. The van der Waals surface area contributed by atoms with E-state index in [-0.39, 0.29) is 30.6 Å². The number of hydrogen-bond donors (Lipinski definition) is 0. The lowest BCUT2D eigenvalue weighted by molar-refractivity contribution is -0.183. The fourth-order valence-corrected chi connectivity index (χ4v) is 3.41. The van der Waals surface area contributed by atoms with Gasteiger partial charge in [0, 0.05) is 0 Å². The monoisotopic (exact) mass is 284 g/mol. The van der Waals surface area contributed by atoms with Crippen molar-refractivity contribution in [3.05, 3.63) is 0 Å². The third-order valence-electron chi connectivity index (χ3n) is 4.29. The standard InChI is InChI=1S/C15H24O5/c1-3-18-14(16)11-9-20-12-8-6-5-7-10(12)13(11)15(17)19-4-2/h10-13H,3-9H2,1-2H3. The first-order chi connectivity index (χ1) is 9.69. The van der Waals surface area contributed by atoms with Crippen molar-refractivity contribution in [2.75, 3.05) is 19.8 Å². The van der Waals surface area contributed by atoms with Crippen molar-refractivity contribution < 1.29 is 23.8 Å². The molecule has 0 amide bonds. The predicted octanol–water partition coefficient (Wildman–Crippen LogP) is 1.93. The zero-order valence-corrected chi connectivity index (χ0v) is 12.3. The third-order valence-corrected chi connectivity index (χ3v) is 4.29. The Morgan fingerprint density at radius 1 is 1.05 bits per heavy atom. The van der Waals surface area contributed by atoms with E-state index in [1.165, 1.54) is 0 Å². The molecular weight excluding hydrogens is 260 g/mol. The van der Waals surface area contributed by atoms with Gasteiger partial charge < -0.3 is 14.2 Å². The molecule has 5 nitrogen and oxygen atoms in total. The second-order valence-electron chi connectivity index (χ2n) is 5.46. The number of hydrogen-bond acceptors (Lipinski definition) is 5. The van der Waals surface area contributed by atoms with Gasteiger partial charge in [0.05, 0.1) is 37.8 Å². The Labute approximate surface area is 120 Å². The molecule has 0 aromatic carbocycles. The van der Waals surface area contributed by atoms with Gasteiger partial charge in [-0.05, 0) is 32.6 Å². The number of esters is 2. The van der Waals surface area contributed by atoms with Crippen LogP contribution in [0.25, 0.3) is 0 Å². The Morgan fingerprint density at radius 2 is 1.70 bits per heavy atom. The van der Waals surface area contributed by atoms with E-state index < -0.39 is 11.8 Å². The third kappa shape index (κ3) is 3.14. The van der Waals surface area contributed by atoms with Gasteiger partial charge in [0.1, 0.15) is 0 Å². The minimum atomic E-state index is -0.520. The molecule has 4 atom stereocenters. The molecule has 0 aromatic heterocycles. The highest BCUT2D eigenvalue weighted by molar-refractivity contribution is 5.82. The summed E-state index contributed by atoms with van der Waals surface area (Å²) in [6.45, 7) is 4.48. The van der Waals surface area contributed by atoms with E-state index in [1.807, 2.05) is 0 Å². The second-order valence-corrected chi connectivity index (χ2v) is 5.46. The molecule has 1 heterocycles. The van der Waals surface area contributed by atoms with Crippen LogP contribution in [0.4, 0.5) is 0 Å². The van der Waals surface area contributed by atoms with Crippen LogP contribution in [0.5, 0.6) is 0 Å². The Bertz CT molecular complexity index is 354. The molecule has 1 saturated carbocycles. The van der Waals surface area contributed by atoms with Crippen LogP contribution in [-0.4, -0.2) is 37.9 Å². The molecule has 2 aliphatic rings. The van der Waals surface area contributed by atoms with Crippen molar-refractivity contribution in [2.45, 2.75) is 45.6 Å². The normalized spacial score (nSPS) is 33.1. The van der Waals surface area contributed by atoms with Crippen LogP contribution in [-0.2, 0) is 23.8 Å². The first-order valence-corrected chi connectivity index (χ1v) is 7.63. The van der Waals surface area contributed by atoms with E-state index in [9.17, 15) is 9.59 Å². The SMILES string of the molecule is CCOC(=O)C1COC2CCCCC2C1C(=O)OCC. The lowest BCUT2D eigenvalue weighted by atomic mass is 9.70. The summed E-state index contributed by atoms with van der Waals surface area (Å²) in [5.74, 6) is -1.45.